The molecule has 0 amide bonds. The fraction of sp³-hybridized carbons (Fsp3) is 0.0800. The molecule has 0 unspecified atom stereocenters. The van der Waals surface area contributed by atoms with Crippen molar-refractivity contribution in [3.63, 3.8) is 0 Å². The van der Waals surface area contributed by atoms with Gasteiger partial charge in [-0.3, -0.25) is 0 Å². The summed E-state index contributed by atoms with van der Waals surface area (Å²) < 4.78 is 51.6. The minimum atomic E-state index is -4.62. The van der Waals surface area contributed by atoms with Gasteiger partial charge in [0, 0.05) is 22.7 Å². The number of hydrogen-bond donors (Lipinski definition) is 1. The molecule has 0 spiro atoms. The molecule has 37 heavy (non-hydrogen) atoms. The van der Waals surface area contributed by atoms with E-state index in [2.05, 4.69) is 25.6 Å². The zero-order valence-electron chi connectivity index (χ0n) is 18.7. The van der Waals surface area contributed by atoms with Gasteiger partial charge in [0.15, 0.2) is 11.5 Å². The van der Waals surface area contributed by atoms with E-state index in [0.717, 1.165) is 17.5 Å². The zero-order valence-corrected chi connectivity index (χ0v) is 18.7. The highest BCUT2D eigenvalue weighted by molar-refractivity contribution is 5.93. The van der Waals surface area contributed by atoms with E-state index in [-0.39, 0.29) is 12.5 Å². The van der Waals surface area contributed by atoms with Crippen LogP contribution < -0.4 is 14.8 Å². The monoisotopic (exact) mass is 501 g/mol. The van der Waals surface area contributed by atoms with E-state index < -0.39 is 17.3 Å². The van der Waals surface area contributed by atoms with Crippen LogP contribution in [0.15, 0.2) is 67.1 Å². The van der Waals surface area contributed by atoms with Gasteiger partial charge >= 0.3 is 6.18 Å². The van der Waals surface area contributed by atoms with Crippen LogP contribution in [0.4, 0.5) is 24.7 Å². The van der Waals surface area contributed by atoms with E-state index in [1.54, 1.807) is 18.3 Å². The second-order valence-electron chi connectivity index (χ2n) is 8.04. The summed E-state index contributed by atoms with van der Waals surface area (Å²) in [5.74, 6) is 1.80. The van der Waals surface area contributed by atoms with Crippen LogP contribution in [-0.2, 0) is 6.18 Å². The van der Waals surface area contributed by atoms with Gasteiger partial charge in [-0.25, -0.2) is 14.6 Å². The number of alkyl halides is 3. The van der Waals surface area contributed by atoms with E-state index in [9.17, 15) is 18.4 Å². The van der Waals surface area contributed by atoms with E-state index in [4.69, 9.17) is 9.47 Å². The normalized spacial score (nSPS) is 12.5. The van der Waals surface area contributed by atoms with Gasteiger partial charge in [-0.2, -0.15) is 18.4 Å². The van der Waals surface area contributed by atoms with Crippen LogP contribution >= 0.6 is 0 Å². The highest BCUT2D eigenvalue weighted by atomic mass is 19.4. The number of fused-ring (bicyclic) bond motifs is 2. The Kier molecular flexibility index (Phi) is 5.11. The van der Waals surface area contributed by atoms with Crippen LogP contribution in [0.1, 0.15) is 11.1 Å². The minimum absolute atomic E-state index is 0.148. The number of hydrogen-bond acceptors (Lipinski definition) is 8. The maximum atomic E-state index is 13.1. The Labute approximate surface area is 206 Å². The molecule has 1 N–H and O–H groups in total. The van der Waals surface area contributed by atoms with E-state index in [1.165, 1.54) is 17.1 Å². The Morgan fingerprint density at radius 2 is 1.84 bits per heavy atom. The molecule has 0 fully saturated rings. The lowest BCUT2D eigenvalue weighted by Gasteiger charge is -2.10. The van der Waals surface area contributed by atoms with Crippen molar-refractivity contribution in [2.45, 2.75) is 6.18 Å². The van der Waals surface area contributed by atoms with Crippen molar-refractivity contribution in [2.24, 2.45) is 0 Å². The predicted molar refractivity (Wildman–Crippen MR) is 125 cm³/mol. The van der Waals surface area contributed by atoms with Gasteiger partial charge < -0.3 is 14.8 Å². The number of nitrogens with one attached hydrogen (secondary N) is 1. The summed E-state index contributed by atoms with van der Waals surface area (Å²) in [7, 11) is 0. The molecule has 9 nitrogen and oxygen atoms in total. The molecule has 3 heterocycles. The Morgan fingerprint density at radius 1 is 1.00 bits per heavy atom. The van der Waals surface area contributed by atoms with Gasteiger partial charge in [0.2, 0.25) is 6.79 Å². The molecule has 5 aromatic rings. The van der Waals surface area contributed by atoms with Gasteiger partial charge in [0.1, 0.15) is 17.8 Å². The van der Waals surface area contributed by atoms with Crippen molar-refractivity contribution in [2.75, 3.05) is 12.1 Å². The third-order valence-corrected chi connectivity index (χ3v) is 5.74. The van der Waals surface area contributed by atoms with E-state index in [1.807, 2.05) is 30.3 Å². The molecule has 1 aliphatic rings. The van der Waals surface area contributed by atoms with Crippen molar-refractivity contribution in [1.29, 1.82) is 5.26 Å². The maximum absolute atomic E-state index is 13.1. The SMILES string of the molecule is N#Cc1cc(-n2cc(-c3cccc(Nc4ncnc5cc6c(cc45)OCO6)c3)nn2)ccc1C(F)(F)F. The summed E-state index contributed by atoms with van der Waals surface area (Å²) >= 11 is 0. The minimum Gasteiger partial charge on any atom is -0.454 e. The Bertz CT molecular complexity index is 1710. The maximum Gasteiger partial charge on any atom is 0.417 e. The fourth-order valence-electron chi connectivity index (χ4n) is 3.98. The van der Waals surface area contributed by atoms with Gasteiger partial charge in [0.05, 0.1) is 34.6 Å². The van der Waals surface area contributed by atoms with Crippen LogP contribution in [-0.4, -0.2) is 31.8 Å². The molecule has 2 aromatic heterocycles. The summed E-state index contributed by atoms with van der Waals surface area (Å²) in [5.41, 5.74) is 1.38. The highest BCUT2D eigenvalue weighted by Gasteiger charge is 2.33. The Hall–Kier alpha value is -5.18. The highest BCUT2D eigenvalue weighted by Crippen LogP contribution is 2.38. The first-order valence-electron chi connectivity index (χ1n) is 10.8. The molecule has 0 aliphatic carbocycles. The fourth-order valence-corrected chi connectivity index (χ4v) is 3.98. The average Bonchev–Trinajstić information content (AvgIpc) is 3.57. The second kappa shape index (κ2) is 8.49. The largest absolute Gasteiger partial charge is 0.454 e. The van der Waals surface area contributed by atoms with Crippen LogP contribution in [0.3, 0.4) is 0 Å². The van der Waals surface area contributed by atoms with Crippen molar-refractivity contribution in [3.05, 3.63) is 78.2 Å². The lowest BCUT2D eigenvalue weighted by molar-refractivity contribution is -0.137. The van der Waals surface area contributed by atoms with Gasteiger partial charge in [-0.15, -0.1) is 5.10 Å². The first kappa shape index (κ1) is 22.3. The molecule has 0 radical (unpaired) electrons. The van der Waals surface area contributed by atoms with Crippen molar-refractivity contribution >= 4 is 22.4 Å². The van der Waals surface area contributed by atoms with Crippen LogP contribution in [0.2, 0.25) is 0 Å². The standard InChI is InChI=1S/C25H14F3N7O2/c26-25(27,28)19-5-4-17(7-15(19)10-29)35-11-21(33-34-35)14-2-1-3-16(6-14)32-24-18-8-22-23(37-13-36-22)9-20(18)30-12-31-24/h1-9,11-12H,13H2,(H,30,31,32). The first-order valence-corrected chi connectivity index (χ1v) is 10.8. The summed E-state index contributed by atoms with van der Waals surface area (Å²) in [6.07, 6.45) is -1.61. The number of ether oxygens (including phenoxy) is 2. The quantitative estimate of drug-likeness (QED) is 0.356. The molecule has 3 aromatic carbocycles. The molecule has 0 saturated carbocycles. The number of rotatable bonds is 4. The molecule has 0 saturated heterocycles. The van der Waals surface area contributed by atoms with Gasteiger partial charge in [-0.05, 0) is 36.4 Å². The van der Waals surface area contributed by atoms with Gasteiger partial charge in [-0.1, -0.05) is 17.3 Å². The first-order chi connectivity index (χ1) is 17.9. The molecular formula is C25H14F3N7O2. The van der Waals surface area contributed by atoms with Crippen LogP contribution in [0, 0.1) is 11.3 Å². The topological polar surface area (TPSA) is 111 Å². The lowest BCUT2D eigenvalue weighted by atomic mass is 10.1. The molecule has 0 bridgehead atoms. The molecule has 6 rings (SSSR count). The number of aromatic nitrogens is 5. The number of nitrogens with zero attached hydrogens (tertiary/aromatic N) is 6. The summed E-state index contributed by atoms with van der Waals surface area (Å²) in [6, 6.07) is 15.8. The predicted octanol–water partition coefficient (Wildman–Crippen LogP) is 5.24. The average molecular weight is 501 g/mol. The van der Waals surface area contributed by atoms with E-state index >= 15 is 0 Å². The molecule has 182 valence electrons. The van der Waals surface area contributed by atoms with Crippen LogP contribution in [0.5, 0.6) is 11.5 Å². The number of anilines is 2. The van der Waals surface area contributed by atoms with Gasteiger partial charge in [0.25, 0.3) is 0 Å². The number of benzene rings is 3. The van der Waals surface area contributed by atoms with E-state index in [0.29, 0.717) is 39.8 Å². The molecule has 12 heteroatoms. The second-order valence-corrected chi connectivity index (χ2v) is 8.04. The molecule has 1 aliphatic heterocycles. The van der Waals surface area contributed by atoms with Crippen molar-refractivity contribution < 1.29 is 22.6 Å². The Morgan fingerprint density at radius 3 is 2.65 bits per heavy atom. The summed E-state index contributed by atoms with van der Waals surface area (Å²) in [4.78, 5) is 8.66. The summed E-state index contributed by atoms with van der Waals surface area (Å²) in [5, 5.41) is 21.4. The molecule has 0 atom stereocenters. The lowest BCUT2D eigenvalue weighted by Crippen LogP contribution is -2.08. The number of nitriles is 1. The summed E-state index contributed by atoms with van der Waals surface area (Å²) in [6.45, 7) is 0.148. The van der Waals surface area contributed by atoms with Crippen molar-refractivity contribution in [3.8, 4) is 34.5 Å². The Balaban J connectivity index is 1.29. The number of halogens is 3. The van der Waals surface area contributed by atoms with Crippen molar-refractivity contribution in [1.82, 2.24) is 25.0 Å². The van der Waals surface area contributed by atoms with Crippen LogP contribution in [0.25, 0.3) is 27.8 Å². The smallest absolute Gasteiger partial charge is 0.417 e. The molecular weight excluding hydrogens is 487 g/mol. The zero-order chi connectivity index (χ0) is 25.6. The third kappa shape index (κ3) is 4.12. The third-order valence-electron chi connectivity index (χ3n) is 5.74.